The Morgan fingerprint density at radius 1 is 1.08 bits per heavy atom. The third-order valence-corrected chi connectivity index (χ3v) is 4.88. The van der Waals surface area contributed by atoms with E-state index in [1.165, 1.54) is 12.0 Å². The number of methoxy groups -OCH3 is 1. The van der Waals surface area contributed by atoms with Gasteiger partial charge in [0.1, 0.15) is 0 Å². The van der Waals surface area contributed by atoms with Crippen LogP contribution < -0.4 is 0 Å². The van der Waals surface area contributed by atoms with E-state index < -0.39 is 5.97 Å². The molecular weight excluding hydrogens is 350 g/mol. The van der Waals surface area contributed by atoms with Crippen LogP contribution in [0.25, 0.3) is 6.08 Å². The van der Waals surface area contributed by atoms with Crippen LogP contribution >= 0.6 is 11.8 Å². The molecular formula is C20H17NO4S. The highest BCUT2D eigenvalue weighted by molar-refractivity contribution is 8.18. The average molecular weight is 367 g/mol. The summed E-state index contributed by atoms with van der Waals surface area (Å²) in [5, 5.41) is -0.261. The van der Waals surface area contributed by atoms with Crippen molar-refractivity contribution < 1.29 is 19.1 Å². The van der Waals surface area contributed by atoms with Crippen molar-refractivity contribution in [1.29, 1.82) is 0 Å². The summed E-state index contributed by atoms with van der Waals surface area (Å²) in [6, 6.07) is 16.4. The van der Waals surface area contributed by atoms with Crippen molar-refractivity contribution in [3.05, 3.63) is 76.2 Å². The Morgan fingerprint density at radius 2 is 1.77 bits per heavy atom. The first-order chi connectivity index (χ1) is 12.6. The molecule has 2 aromatic carbocycles. The molecule has 6 heteroatoms. The van der Waals surface area contributed by atoms with Crippen molar-refractivity contribution in [2.24, 2.45) is 0 Å². The minimum Gasteiger partial charge on any atom is -0.465 e. The van der Waals surface area contributed by atoms with E-state index in [1.54, 1.807) is 30.3 Å². The Labute approximate surface area is 155 Å². The van der Waals surface area contributed by atoms with E-state index in [1.807, 2.05) is 30.3 Å². The van der Waals surface area contributed by atoms with Crippen LogP contribution in [-0.2, 0) is 16.0 Å². The van der Waals surface area contributed by atoms with E-state index in [2.05, 4.69) is 4.74 Å². The van der Waals surface area contributed by atoms with Gasteiger partial charge >= 0.3 is 5.97 Å². The van der Waals surface area contributed by atoms with Gasteiger partial charge < -0.3 is 4.74 Å². The van der Waals surface area contributed by atoms with Crippen LogP contribution in [0.4, 0.5) is 4.79 Å². The fourth-order valence-electron chi connectivity index (χ4n) is 2.56. The predicted octanol–water partition coefficient (Wildman–Crippen LogP) is 3.75. The molecule has 132 valence electrons. The standard InChI is InChI=1S/C20H17NO4S/c1-25-19(23)16-9-7-15(8-10-16)13-17-18(22)21(20(24)26-17)12-11-14-5-3-2-4-6-14/h2-10,13H,11-12H2,1H3/b17-13-. The van der Waals surface area contributed by atoms with E-state index in [4.69, 9.17) is 0 Å². The maximum atomic E-state index is 12.5. The van der Waals surface area contributed by atoms with Crippen LogP contribution in [0.15, 0.2) is 59.5 Å². The third kappa shape index (κ3) is 4.03. The maximum absolute atomic E-state index is 12.5. The van der Waals surface area contributed by atoms with Crippen molar-refractivity contribution in [1.82, 2.24) is 4.90 Å². The molecule has 2 amide bonds. The first kappa shape index (κ1) is 17.9. The molecule has 1 aliphatic rings. The summed E-state index contributed by atoms with van der Waals surface area (Å²) in [6.45, 7) is 0.354. The summed E-state index contributed by atoms with van der Waals surface area (Å²) in [5.41, 5.74) is 2.25. The Hall–Kier alpha value is -2.86. The van der Waals surface area contributed by atoms with Gasteiger partial charge in [0, 0.05) is 6.54 Å². The van der Waals surface area contributed by atoms with Gasteiger partial charge in [0.05, 0.1) is 17.6 Å². The molecule has 0 atom stereocenters. The molecule has 0 radical (unpaired) electrons. The molecule has 1 heterocycles. The first-order valence-corrected chi connectivity index (χ1v) is 8.88. The van der Waals surface area contributed by atoms with Crippen molar-refractivity contribution >= 4 is 35.0 Å². The van der Waals surface area contributed by atoms with Crippen molar-refractivity contribution in [3.63, 3.8) is 0 Å². The number of carbonyl (C=O) groups is 3. The summed E-state index contributed by atoms with van der Waals surface area (Å²) in [4.78, 5) is 37.8. The minimum absolute atomic E-state index is 0.261. The zero-order chi connectivity index (χ0) is 18.5. The van der Waals surface area contributed by atoms with Crippen LogP contribution in [0.1, 0.15) is 21.5 Å². The van der Waals surface area contributed by atoms with E-state index in [0.717, 1.165) is 22.9 Å². The highest BCUT2D eigenvalue weighted by Crippen LogP contribution is 2.32. The Balaban J connectivity index is 1.69. The van der Waals surface area contributed by atoms with Gasteiger partial charge in [-0.25, -0.2) is 4.79 Å². The van der Waals surface area contributed by atoms with Gasteiger partial charge in [-0.3, -0.25) is 14.5 Å². The summed E-state index contributed by atoms with van der Waals surface area (Å²) in [6.07, 6.45) is 2.29. The Morgan fingerprint density at radius 3 is 2.42 bits per heavy atom. The van der Waals surface area contributed by atoms with Crippen LogP contribution in [0.3, 0.4) is 0 Å². The minimum atomic E-state index is -0.419. The second-order valence-corrected chi connectivity index (χ2v) is 6.68. The number of amides is 2. The summed E-state index contributed by atoms with van der Waals surface area (Å²) in [7, 11) is 1.32. The number of rotatable bonds is 5. The largest absolute Gasteiger partial charge is 0.465 e. The number of thioether (sulfide) groups is 1. The van der Waals surface area contributed by atoms with Crippen LogP contribution in [-0.4, -0.2) is 35.7 Å². The monoisotopic (exact) mass is 367 g/mol. The lowest BCUT2D eigenvalue weighted by atomic mass is 10.1. The molecule has 1 aliphatic heterocycles. The SMILES string of the molecule is COC(=O)c1ccc(/C=C2\SC(=O)N(CCc3ccccc3)C2=O)cc1. The molecule has 3 rings (SSSR count). The number of imide groups is 1. The number of nitrogens with zero attached hydrogens (tertiary/aromatic N) is 1. The van der Waals surface area contributed by atoms with Gasteiger partial charge in [0.2, 0.25) is 0 Å². The highest BCUT2D eigenvalue weighted by atomic mass is 32.2. The highest BCUT2D eigenvalue weighted by Gasteiger charge is 2.34. The fourth-order valence-corrected chi connectivity index (χ4v) is 3.43. The van der Waals surface area contributed by atoms with Gasteiger partial charge in [-0.05, 0) is 47.5 Å². The zero-order valence-electron chi connectivity index (χ0n) is 14.2. The number of carbonyl (C=O) groups excluding carboxylic acids is 3. The Bertz CT molecular complexity index is 859. The van der Waals surface area contributed by atoms with Gasteiger partial charge in [-0.1, -0.05) is 42.5 Å². The smallest absolute Gasteiger partial charge is 0.337 e. The quantitative estimate of drug-likeness (QED) is 0.595. The Kier molecular flexibility index (Phi) is 5.53. The number of hydrogen-bond acceptors (Lipinski definition) is 5. The van der Waals surface area contributed by atoms with Crippen molar-refractivity contribution in [3.8, 4) is 0 Å². The van der Waals surface area contributed by atoms with Crippen LogP contribution in [0.2, 0.25) is 0 Å². The van der Waals surface area contributed by atoms with Gasteiger partial charge in [-0.2, -0.15) is 0 Å². The van der Waals surface area contributed by atoms with Gasteiger partial charge in [0.15, 0.2) is 0 Å². The molecule has 0 unspecified atom stereocenters. The lowest BCUT2D eigenvalue weighted by Crippen LogP contribution is -2.30. The first-order valence-electron chi connectivity index (χ1n) is 8.06. The number of benzene rings is 2. The second kappa shape index (κ2) is 8.01. The average Bonchev–Trinajstić information content (AvgIpc) is 2.94. The predicted molar refractivity (Wildman–Crippen MR) is 101 cm³/mol. The van der Waals surface area contributed by atoms with E-state index in [-0.39, 0.29) is 11.1 Å². The molecule has 1 saturated heterocycles. The molecule has 26 heavy (non-hydrogen) atoms. The lowest BCUT2D eigenvalue weighted by Gasteiger charge is -2.12. The summed E-state index contributed by atoms with van der Waals surface area (Å²) in [5.74, 6) is -0.703. The molecule has 5 nitrogen and oxygen atoms in total. The van der Waals surface area contributed by atoms with E-state index in [0.29, 0.717) is 23.4 Å². The number of hydrogen-bond donors (Lipinski definition) is 0. The molecule has 2 aromatic rings. The summed E-state index contributed by atoms with van der Waals surface area (Å²) >= 11 is 0.934. The lowest BCUT2D eigenvalue weighted by molar-refractivity contribution is -0.122. The van der Waals surface area contributed by atoms with Gasteiger partial charge in [0.25, 0.3) is 11.1 Å². The topological polar surface area (TPSA) is 63.7 Å². The summed E-state index contributed by atoms with van der Waals surface area (Å²) < 4.78 is 4.65. The number of esters is 1. The molecule has 0 aliphatic carbocycles. The van der Waals surface area contributed by atoms with Gasteiger partial charge in [-0.15, -0.1) is 0 Å². The molecule has 1 fully saturated rings. The number of ether oxygens (including phenoxy) is 1. The molecule has 0 saturated carbocycles. The second-order valence-electron chi connectivity index (χ2n) is 5.68. The van der Waals surface area contributed by atoms with E-state index in [9.17, 15) is 14.4 Å². The molecule has 0 aromatic heterocycles. The van der Waals surface area contributed by atoms with Crippen molar-refractivity contribution in [2.45, 2.75) is 6.42 Å². The fraction of sp³-hybridized carbons (Fsp3) is 0.150. The zero-order valence-corrected chi connectivity index (χ0v) is 15.0. The molecule has 0 N–H and O–H groups in total. The van der Waals surface area contributed by atoms with E-state index >= 15 is 0 Å². The van der Waals surface area contributed by atoms with Crippen LogP contribution in [0.5, 0.6) is 0 Å². The normalized spacial score (nSPS) is 15.6. The molecule has 0 bridgehead atoms. The maximum Gasteiger partial charge on any atom is 0.337 e. The third-order valence-electron chi connectivity index (χ3n) is 3.97. The molecule has 0 spiro atoms. The van der Waals surface area contributed by atoms with Crippen LogP contribution in [0, 0.1) is 0 Å². The van der Waals surface area contributed by atoms with Crippen molar-refractivity contribution in [2.75, 3.05) is 13.7 Å².